The van der Waals surface area contributed by atoms with Gasteiger partial charge in [-0.3, -0.25) is 20.2 Å². The molecule has 1 fully saturated rings. The van der Waals surface area contributed by atoms with Gasteiger partial charge in [-0.2, -0.15) is 0 Å². The molecule has 0 aromatic carbocycles. The Morgan fingerprint density at radius 1 is 1.13 bits per heavy atom. The van der Waals surface area contributed by atoms with E-state index in [2.05, 4.69) is 26.6 Å². The van der Waals surface area contributed by atoms with Crippen LogP contribution in [-0.4, -0.2) is 23.2 Å². The maximum atomic E-state index is 11.7. The Balaban J connectivity index is 2.97. The van der Waals surface area contributed by atoms with Crippen molar-refractivity contribution in [3.63, 3.8) is 0 Å². The van der Waals surface area contributed by atoms with Crippen molar-refractivity contribution in [2.75, 3.05) is 5.33 Å². The van der Waals surface area contributed by atoms with Gasteiger partial charge in [-0.05, 0) is 12.8 Å². The number of carbonyl (C=O) groups is 3. The topological polar surface area (TPSA) is 75.3 Å². The van der Waals surface area contributed by atoms with Crippen molar-refractivity contribution in [1.29, 1.82) is 0 Å². The highest BCUT2D eigenvalue weighted by molar-refractivity contribution is 9.09. The predicted molar refractivity (Wildman–Crippen MR) is 57.4 cm³/mol. The van der Waals surface area contributed by atoms with Crippen LogP contribution in [0.5, 0.6) is 0 Å². The number of imide groups is 2. The summed E-state index contributed by atoms with van der Waals surface area (Å²) >= 11 is 3.22. The van der Waals surface area contributed by atoms with Gasteiger partial charge in [0.1, 0.15) is 5.41 Å². The van der Waals surface area contributed by atoms with Crippen LogP contribution >= 0.6 is 15.9 Å². The number of amides is 4. The third-order valence-electron chi connectivity index (χ3n) is 2.52. The predicted octanol–water partition coefficient (Wildman–Crippen LogP) is 0.924. The first-order valence-electron chi connectivity index (χ1n) is 4.79. The highest BCUT2D eigenvalue weighted by Gasteiger charge is 2.48. The van der Waals surface area contributed by atoms with Crippen LogP contribution in [0.3, 0.4) is 0 Å². The minimum atomic E-state index is -1.09. The number of nitrogens with one attached hydrogen (secondary N) is 2. The highest BCUT2D eigenvalue weighted by atomic mass is 79.9. The quantitative estimate of drug-likeness (QED) is 0.592. The lowest BCUT2D eigenvalue weighted by Crippen LogP contribution is -2.62. The zero-order valence-corrected chi connectivity index (χ0v) is 10.0. The number of barbiturate groups is 1. The molecule has 5 nitrogen and oxygen atoms in total. The third kappa shape index (κ3) is 2.19. The second kappa shape index (κ2) is 4.74. The molecule has 0 radical (unpaired) electrons. The molecule has 1 rings (SSSR count). The van der Waals surface area contributed by atoms with Gasteiger partial charge in [-0.25, -0.2) is 4.79 Å². The largest absolute Gasteiger partial charge is 0.328 e. The highest BCUT2D eigenvalue weighted by Crippen LogP contribution is 2.31. The summed E-state index contributed by atoms with van der Waals surface area (Å²) in [7, 11) is 0. The molecule has 0 bridgehead atoms. The summed E-state index contributed by atoms with van der Waals surface area (Å²) in [6.07, 6.45) is 1.55. The van der Waals surface area contributed by atoms with Crippen LogP contribution in [0.2, 0.25) is 0 Å². The third-order valence-corrected chi connectivity index (χ3v) is 2.92. The fraction of sp³-hybridized carbons (Fsp3) is 0.667. The number of alkyl halides is 1. The molecule has 15 heavy (non-hydrogen) atoms. The monoisotopic (exact) mass is 276 g/mol. The Labute approximate surface area is 96.1 Å². The molecule has 1 aliphatic rings. The lowest BCUT2D eigenvalue weighted by molar-refractivity contribution is -0.145. The Hall–Kier alpha value is -0.910. The van der Waals surface area contributed by atoms with Gasteiger partial charge in [0.15, 0.2) is 0 Å². The van der Waals surface area contributed by atoms with Gasteiger partial charge in [-0.1, -0.05) is 29.3 Å². The normalized spacial score (nSPS) is 19.7. The SMILES string of the molecule is CCCC1(CCBr)C(=O)NC(=O)NC1=O. The number of hydrogen-bond acceptors (Lipinski definition) is 3. The van der Waals surface area contributed by atoms with E-state index in [-0.39, 0.29) is 0 Å². The first-order valence-corrected chi connectivity index (χ1v) is 5.92. The molecule has 84 valence electrons. The summed E-state index contributed by atoms with van der Waals surface area (Å²) in [6.45, 7) is 1.90. The van der Waals surface area contributed by atoms with Crippen LogP contribution in [0.15, 0.2) is 0 Å². The van der Waals surface area contributed by atoms with Gasteiger partial charge >= 0.3 is 6.03 Å². The number of hydrogen-bond donors (Lipinski definition) is 2. The van der Waals surface area contributed by atoms with Gasteiger partial charge in [0.25, 0.3) is 0 Å². The minimum absolute atomic E-state index is 0.395. The van der Waals surface area contributed by atoms with Gasteiger partial charge in [0.05, 0.1) is 0 Å². The van der Waals surface area contributed by atoms with Crippen LogP contribution in [0.25, 0.3) is 0 Å². The van der Waals surface area contributed by atoms with Crippen LogP contribution in [0, 0.1) is 5.41 Å². The van der Waals surface area contributed by atoms with Crippen molar-refractivity contribution in [3.05, 3.63) is 0 Å². The molecular weight excluding hydrogens is 264 g/mol. The second-order valence-electron chi connectivity index (χ2n) is 3.51. The van der Waals surface area contributed by atoms with Crippen LogP contribution in [-0.2, 0) is 9.59 Å². The molecule has 0 unspecified atom stereocenters. The van der Waals surface area contributed by atoms with E-state index in [1.54, 1.807) is 0 Å². The number of rotatable bonds is 4. The van der Waals surface area contributed by atoms with Crippen LogP contribution < -0.4 is 10.6 Å². The maximum absolute atomic E-state index is 11.7. The lowest BCUT2D eigenvalue weighted by Gasteiger charge is -2.33. The molecule has 0 spiro atoms. The lowest BCUT2D eigenvalue weighted by atomic mass is 9.78. The smallest absolute Gasteiger partial charge is 0.277 e. The van der Waals surface area contributed by atoms with E-state index < -0.39 is 23.3 Å². The fourth-order valence-electron chi connectivity index (χ4n) is 1.75. The minimum Gasteiger partial charge on any atom is -0.277 e. The summed E-state index contributed by atoms with van der Waals surface area (Å²) in [5, 5.41) is 4.82. The zero-order chi connectivity index (χ0) is 11.5. The Kier molecular flexibility index (Phi) is 3.84. The van der Waals surface area contributed by atoms with E-state index in [0.717, 1.165) is 0 Å². The van der Waals surface area contributed by atoms with E-state index in [9.17, 15) is 14.4 Å². The van der Waals surface area contributed by atoms with Crippen molar-refractivity contribution in [3.8, 4) is 0 Å². The molecule has 1 heterocycles. The Bertz CT molecular complexity index is 276. The molecule has 2 N–H and O–H groups in total. The van der Waals surface area contributed by atoms with E-state index in [0.29, 0.717) is 24.6 Å². The molecule has 1 saturated heterocycles. The number of halogens is 1. The van der Waals surface area contributed by atoms with E-state index >= 15 is 0 Å². The van der Waals surface area contributed by atoms with Gasteiger partial charge < -0.3 is 0 Å². The first-order chi connectivity index (χ1) is 7.06. The number of urea groups is 1. The maximum Gasteiger partial charge on any atom is 0.328 e. The number of carbonyl (C=O) groups excluding carboxylic acids is 3. The molecule has 0 aromatic rings. The average Bonchev–Trinajstić information content (AvgIpc) is 2.14. The summed E-state index contributed by atoms with van der Waals surface area (Å²) in [6, 6.07) is -0.730. The Morgan fingerprint density at radius 3 is 2.07 bits per heavy atom. The Morgan fingerprint density at radius 2 is 1.67 bits per heavy atom. The molecule has 4 amide bonds. The molecule has 1 aliphatic heterocycles. The standard InChI is InChI=1S/C9H13BrN2O3/c1-2-3-9(4-5-10)6(13)11-8(15)12-7(9)14/h2-5H2,1H3,(H2,11,12,13,14,15). The van der Waals surface area contributed by atoms with Crippen LogP contribution in [0.4, 0.5) is 4.79 Å². The fourth-order valence-corrected chi connectivity index (χ4v) is 2.42. The van der Waals surface area contributed by atoms with E-state index in [1.165, 1.54) is 0 Å². The molecule has 0 saturated carbocycles. The summed E-state index contributed by atoms with van der Waals surface area (Å²) in [5.41, 5.74) is -1.09. The average molecular weight is 277 g/mol. The first kappa shape index (κ1) is 12.2. The van der Waals surface area contributed by atoms with Crippen molar-refractivity contribution in [2.45, 2.75) is 26.2 Å². The molecule has 6 heteroatoms. The summed E-state index contributed by atoms with van der Waals surface area (Å²) in [4.78, 5) is 34.3. The summed E-state index contributed by atoms with van der Waals surface area (Å²) < 4.78 is 0. The van der Waals surface area contributed by atoms with Crippen molar-refractivity contribution >= 4 is 33.8 Å². The second-order valence-corrected chi connectivity index (χ2v) is 4.30. The zero-order valence-electron chi connectivity index (χ0n) is 8.43. The summed E-state index contributed by atoms with van der Waals surface area (Å²) in [5.74, 6) is -0.977. The van der Waals surface area contributed by atoms with Crippen molar-refractivity contribution < 1.29 is 14.4 Å². The van der Waals surface area contributed by atoms with Crippen molar-refractivity contribution in [1.82, 2.24) is 10.6 Å². The van der Waals surface area contributed by atoms with E-state index in [1.807, 2.05) is 6.92 Å². The van der Waals surface area contributed by atoms with Gasteiger partial charge in [0.2, 0.25) is 11.8 Å². The van der Waals surface area contributed by atoms with Gasteiger partial charge in [-0.15, -0.1) is 0 Å². The molecule has 0 atom stereocenters. The molecular formula is C9H13BrN2O3. The molecule has 0 aromatic heterocycles. The van der Waals surface area contributed by atoms with Gasteiger partial charge in [0, 0.05) is 5.33 Å². The van der Waals surface area contributed by atoms with Crippen molar-refractivity contribution in [2.24, 2.45) is 5.41 Å². The van der Waals surface area contributed by atoms with Crippen LogP contribution in [0.1, 0.15) is 26.2 Å². The molecule has 0 aliphatic carbocycles. The van der Waals surface area contributed by atoms with E-state index in [4.69, 9.17) is 0 Å².